The van der Waals surface area contributed by atoms with Crippen molar-refractivity contribution in [1.82, 2.24) is 4.90 Å². The Morgan fingerprint density at radius 3 is 2.37 bits per heavy atom. The molecule has 30 heavy (non-hydrogen) atoms. The van der Waals surface area contributed by atoms with Crippen LogP contribution in [0.4, 0.5) is 5.69 Å². The van der Waals surface area contributed by atoms with Gasteiger partial charge in [0.15, 0.2) is 0 Å². The summed E-state index contributed by atoms with van der Waals surface area (Å²) in [5.41, 5.74) is 0.991. The second kappa shape index (κ2) is 7.40. The summed E-state index contributed by atoms with van der Waals surface area (Å²) < 4.78 is 6.05. The molecule has 6 heteroatoms. The lowest BCUT2D eigenvalue weighted by Gasteiger charge is -2.44. The molecule has 1 spiro atoms. The van der Waals surface area contributed by atoms with Crippen LogP contribution in [0.2, 0.25) is 5.02 Å². The van der Waals surface area contributed by atoms with Crippen molar-refractivity contribution < 1.29 is 14.3 Å². The van der Waals surface area contributed by atoms with Crippen molar-refractivity contribution in [2.24, 2.45) is 0 Å². The van der Waals surface area contributed by atoms with Crippen LogP contribution in [0, 0.1) is 0 Å². The Hall–Kier alpha value is -2.37. The minimum Gasteiger partial charge on any atom is -0.361 e. The first-order chi connectivity index (χ1) is 14.5. The van der Waals surface area contributed by atoms with Crippen molar-refractivity contribution in [1.29, 1.82) is 0 Å². The van der Waals surface area contributed by atoms with Crippen molar-refractivity contribution in [2.45, 2.75) is 36.7 Å². The Kier molecular flexibility index (Phi) is 4.83. The number of carbonyl (C=O) groups excluding carboxylic acids is 2. The maximum Gasteiger partial charge on any atom is 0.253 e. The maximum absolute atomic E-state index is 13.6. The van der Waals surface area contributed by atoms with E-state index in [0.29, 0.717) is 24.7 Å². The fourth-order valence-electron chi connectivity index (χ4n) is 5.05. The zero-order valence-corrected chi connectivity index (χ0v) is 17.6. The summed E-state index contributed by atoms with van der Waals surface area (Å²) in [6.45, 7) is 1.72. The number of halogens is 1. The molecule has 2 aromatic carbocycles. The lowest BCUT2D eigenvalue weighted by Crippen LogP contribution is -2.57. The largest absolute Gasteiger partial charge is 0.361 e. The molecule has 1 aliphatic carbocycles. The quantitative estimate of drug-likeness (QED) is 0.753. The summed E-state index contributed by atoms with van der Waals surface area (Å²) in [5, 5.41) is 0.682. The molecule has 156 valence electrons. The van der Waals surface area contributed by atoms with Crippen LogP contribution in [-0.2, 0) is 19.7 Å². The van der Waals surface area contributed by atoms with Gasteiger partial charge in [-0.2, -0.15) is 0 Å². The number of likely N-dealkylation sites (tertiary alicyclic amines) is 1. The van der Waals surface area contributed by atoms with E-state index in [-0.39, 0.29) is 18.4 Å². The van der Waals surface area contributed by atoms with Gasteiger partial charge in [-0.25, -0.2) is 0 Å². The molecule has 2 aliphatic heterocycles. The summed E-state index contributed by atoms with van der Waals surface area (Å²) in [5.74, 6) is 0.146. The number of morpholine rings is 1. The predicted octanol–water partition coefficient (Wildman–Crippen LogP) is 3.80. The minimum atomic E-state index is -0.496. The first-order valence-electron chi connectivity index (χ1n) is 10.6. The molecule has 3 aliphatic rings. The highest BCUT2D eigenvalue weighted by atomic mass is 35.5. The molecule has 2 aromatic rings. The van der Waals surface area contributed by atoms with Gasteiger partial charge < -0.3 is 14.5 Å². The van der Waals surface area contributed by atoms with Crippen LogP contribution in [0.1, 0.15) is 31.2 Å². The van der Waals surface area contributed by atoms with Crippen LogP contribution < -0.4 is 4.90 Å². The van der Waals surface area contributed by atoms with Crippen molar-refractivity contribution in [3.8, 4) is 0 Å². The minimum absolute atomic E-state index is 0.0340. The maximum atomic E-state index is 13.6. The van der Waals surface area contributed by atoms with Crippen molar-refractivity contribution in [2.75, 3.05) is 31.1 Å². The van der Waals surface area contributed by atoms with E-state index in [0.717, 1.165) is 36.9 Å². The van der Waals surface area contributed by atoms with Gasteiger partial charge in [0.2, 0.25) is 5.91 Å². The zero-order valence-electron chi connectivity index (χ0n) is 16.9. The van der Waals surface area contributed by atoms with Gasteiger partial charge in [0.05, 0.1) is 18.5 Å². The molecule has 2 saturated heterocycles. The van der Waals surface area contributed by atoms with Gasteiger partial charge in [-0.05, 0) is 49.1 Å². The number of hydrogen-bond acceptors (Lipinski definition) is 3. The van der Waals surface area contributed by atoms with E-state index in [9.17, 15) is 9.59 Å². The molecular weight excluding hydrogens is 400 g/mol. The van der Waals surface area contributed by atoms with Crippen molar-refractivity contribution in [3.63, 3.8) is 0 Å². The molecule has 2 amide bonds. The Morgan fingerprint density at radius 1 is 0.967 bits per heavy atom. The Bertz CT molecular complexity index is 958. The number of anilines is 1. The van der Waals surface area contributed by atoms with E-state index in [1.807, 2.05) is 59.5 Å². The normalized spacial score (nSPS) is 25.4. The fraction of sp³-hybridized carbons (Fsp3) is 0.417. The SMILES string of the molecule is O=C1CO[C@@]2(CCN(C(=O)C3(c4ccc(Cl)cc4)CCC3)C2)CN1c1ccccc1. The lowest BCUT2D eigenvalue weighted by atomic mass is 9.63. The van der Waals surface area contributed by atoms with E-state index < -0.39 is 11.0 Å². The highest BCUT2D eigenvalue weighted by molar-refractivity contribution is 6.30. The third-order valence-electron chi connectivity index (χ3n) is 6.93. The average Bonchev–Trinajstić information content (AvgIpc) is 3.15. The molecular formula is C24H25ClN2O3. The van der Waals surface area contributed by atoms with E-state index in [1.54, 1.807) is 4.90 Å². The van der Waals surface area contributed by atoms with Crippen molar-refractivity contribution in [3.05, 3.63) is 65.2 Å². The van der Waals surface area contributed by atoms with E-state index in [1.165, 1.54) is 0 Å². The Morgan fingerprint density at radius 2 is 1.70 bits per heavy atom. The van der Waals surface area contributed by atoms with Crippen molar-refractivity contribution >= 4 is 29.1 Å². The molecule has 0 unspecified atom stereocenters. The van der Waals surface area contributed by atoms with Gasteiger partial charge in [-0.15, -0.1) is 0 Å². The molecule has 5 nitrogen and oxygen atoms in total. The number of amides is 2. The van der Waals surface area contributed by atoms with E-state index in [2.05, 4.69) is 0 Å². The number of benzene rings is 2. The first kappa shape index (κ1) is 19.6. The Labute approximate surface area is 181 Å². The predicted molar refractivity (Wildman–Crippen MR) is 116 cm³/mol. The number of para-hydroxylation sites is 1. The van der Waals surface area contributed by atoms with E-state index in [4.69, 9.17) is 16.3 Å². The third-order valence-corrected chi connectivity index (χ3v) is 7.19. The molecule has 1 atom stereocenters. The third kappa shape index (κ3) is 3.21. The summed E-state index contributed by atoms with van der Waals surface area (Å²) in [6, 6.07) is 17.4. The van der Waals surface area contributed by atoms with Crippen LogP contribution in [0.15, 0.2) is 54.6 Å². The Balaban J connectivity index is 1.35. The smallest absolute Gasteiger partial charge is 0.253 e. The number of carbonyl (C=O) groups is 2. The van der Waals surface area contributed by atoms with Gasteiger partial charge in [-0.3, -0.25) is 9.59 Å². The van der Waals surface area contributed by atoms with Gasteiger partial charge in [0.25, 0.3) is 5.91 Å². The number of nitrogens with zero attached hydrogens (tertiary/aromatic N) is 2. The highest BCUT2D eigenvalue weighted by Crippen LogP contribution is 2.46. The molecule has 0 bridgehead atoms. The van der Waals surface area contributed by atoms with E-state index >= 15 is 0 Å². The summed E-state index contributed by atoms with van der Waals surface area (Å²) in [4.78, 5) is 29.9. The van der Waals surface area contributed by atoms with Gasteiger partial charge in [0.1, 0.15) is 12.2 Å². The highest BCUT2D eigenvalue weighted by Gasteiger charge is 2.52. The zero-order chi connectivity index (χ0) is 20.8. The molecule has 0 N–H and O–H groups in total. The summed E-state index contributed by atoms with van der Waals surface area (Å²) in [6.07, 6.45) is 3.53. The fourth-order valence-corrected chi connectivity index (χ4v) is 5.18. The number of hydrogen-bond donors (Lipinski definition) is 0. The second-order valence-corrected chi connectivity index (χ2v) is 9.14. The van der Waals surface area contributed by atoms with Gasteiger partial charge in [-0.1, -0.05) is 48.4 Å². The van der Waals surface area contributed by atoms with Crippen LogP contribution in [0.3, 0.4) is 0 Å². The average molecular weight is 425 g/mol. The summed E-state index contributed by atoms with van der Waals surface area (Å²) >= 11 is 6.06. The van der Waals surface area contributed by atoms with Crippen LogP contribution in [-0.4, -0.2) is 48.6 Å². The van der Waals surface area contributed by atoms with Gasteiger partial charge in [0, 0.05) is 17.3 Å². The lowest BCUT2D eigenvalue weighted by molar-refractivity contribution is -0.144. The van der Waals surface area contributed by atoms with Crippen LogP contribution >= 0.6 is 11.6 Å². The molecule has 5 rings (SSSR count). The molecule has 0 radical (unpaired) electrons. The van der Waals surface area contributed by atoms with Crippen LogP contribution in [0.25, 0.3) is 0 Å². The molecule has 3 fully saturated rings. The molecule has 0 aromatic heterocycles. The topological polar surface area (TPSA) is 49.9 Å². The first-order valence-corrected chi connectivity index (χ1v) is 10.9. The van der Waals surface area contributed by atoms with Crippen LogP contribution in [0.5, 0.6) is 0 Å². The number of rotatable bonds is 3. The molecule has 1 saturated carbocycles. The van der Waals surface area contributed by atoms with Gasteiger partial charge >= 0.3 is 0 Å². The number of ether oxygens (including phenoxy) is 1. The second-order valence-electron chi connectivity index (χ2n) is 8.71. The summed E-state index contributed by atoms with van der Waals surface area (Å²) in [7, 11) is 0. The molecule has 2 heterocycles. The standard InChI is InChI=1S/C24H25ClN2O3/c25-19-9-7-18(8-10-19)24(11-4-12-24)22(29)26-14-13-23(16-26)17-27(21(28)15-30-23)20-5-2-1-3-6-20/h1-3,5-10H,4,11-17H2/t23-/m1/s1. The monoisotopic (exact) mass is 424 g/mol.